The van der Waals surface area contributed by atoms with Gasteiger partial charge in [0.2, 0.25) is 5.88 Å². The zero-order valence-electron chi connectivity index (χ0n) is 11.2. The van der Waals surface area contributed by atoms with Gasteiger partial charge >= 0.3 is 0 Å². The summed E-state index contributed by atoms with van der Waals surface area (Å²) in [6.45, 7) is 0.349. The molecule has 0 saturated heterocycles. The predicted molar refractivity (Wildman–Crippen MR) is 81.4 cm³/mol. The van der Waals surface area contributed by atoms with E-state index in [0.717, 1.165) is 10.9 Å². The second-order valence-electron chi connectivity index (χ2n) is 4.41. The molecule has 3 rings (SSSR count). The molecule has 0 aliphatic carbocycles. The van der Waals surface area contributed by atoms with Gasteiger partial charge in [-0.3, -0.25) is 4.79 Å². The molecule has 0 fully saturated rings. The number of fused-ring (bicyclic) bond motifs is 1. The van der Waals surface area contributed by atoms with Crippen molar-refractivity contribution in [2.45, 2.75) is 6.54 Å². The highest BCUT2D eigenvalue weighted by Gasteiger charge is 2.06. The summed E-state index contributed by atoms with van der Waals surface area (Å²) < 4.78 is 7.07. The first-order valence-electron chi connectivity index (χ1n) is 6.17. The maximum Gasteiger partial charge on any atom is 0.276 e. The number of hydrogen-bond acceptors (Lipinski definition) is 5. The Morgan fingerprint density at radius 3 is 2.81 bits per heavy atom. The lowest BCUT2D eigenvalue weighted by molar-refractivity contribution is 0.397. The monoisotopic (exact) mass is 346 g/mol. The van der Waals surface area contributed by atoms with Gasteiger partial charge in [-0.25, -0.2) is 14.6 Å². The van der Waals surface area contributed by atoms with E-state index in [9.17, 15) is 4.79 Å². The number of rotatable bonds is 3. The second kappa shape index (κ2) is 5.61. The molecule has 7 heteroatoms. The summed E-state index contributed by atoms with van der Waals surface area (Å²) in [6, 6.07) is 5.37. The molecule has 3 aromatic rings. The van der Waals surface area contributed by atoms with Crippen LogP contribution in [0.15, 0.2) is 46.2 Å². The van der Waals surface area contributed by atoms with Gasteiger partial charge < -0.3 is 4.74 Å². The van der Waals surface area contributed by atoms with Gasteiger partial charge in [-0.15, -0.1) is 0 Å². The number of hydrogen-bond donors (Lipinski definition) is 0. The van der Waals surface area contributed by atoms with E-state index in [-0.39, 0.29) is 5.56 Å². The van der Waals surface area contributed by atoms with Gasteiger partial charge in [-0.2, -0.15) is 5.10 Å². The van der Waals surface area contributed by atoms with Crippen LogP contribution in [-0.2, 0) is 6.54 Å². The molecule has 21 heavy (non-hydrogen) atoms. The number of halogens is 1. The lowest BCUT2D eigenvalue weighted by Crippen LogP contribution is -2.23. The first kappa shape index (κ1) is 13.7. The highest BCUT2D eigenvalue weighted by molar-refractivity contribution is 9.10. The van der Waals surface area contributed by atoms with Crippen molar-refractivity contribution in [1.29, 1.82) is 0 Å². The van der Waals surface area contributed by atoms with Gasteiger partial charge in [0.1, 0.15) is 4.60 Å². The minimum absolute atomic E-state index is 0.177. The fourth-order valence-corrected chi connectivity index (χ4v) is 2.31. The molecule has 0 bridgehead atoms. The topological polar surface area (TPSA) is 69.9 Å². The highest BCUT2D eigenvalue weighted by Crippen LogP contribution is 2.13. The van der Waals surface area contributed by atoms with E-state index < -0.39 is 0 Å². The van der Waals surface area contributed by atoms with Crippen LogP contribution in [0.25, 0.3) is 10.8 Å². The molecule has 0 amide bonds. The summed E-state index contributed by atoms with van der Waals surface area (Å²) in [5, 5.41) is 5.47. The summed E-state index contributed by atoms with van der Waals surface area (Å²) in [5.41, 5.74) is 0.693. The smallest absolute Gasteiger partial charge is 0.276 e. The van der Waals surface area contributed by atoms with Gasteiger partial charge in [0, 0.05) is 23.8 Å². The molecule has 0 unspecified atom stereocenters. The molecule has 0 aliphatic heterocycles. The first-order chi connectivity index (χ1) is 10.2. The number of aromatic nitrogens is 4. The van der Waals surface area contributed by atoms with Crippen LogP contribution in [0.4, 0.5) is 0 Å². The van der Waals surface area contributed by atoms with Gasteiger partial charge in [-0.1, -0.05) is 6.07 Å². The number of nitrogens with zero attached hydrogens (tertiary/aromatic N) is 4. The summed E-state index contributed by atoms with van der Waals surface area (Å²) >= 11 is 3.27. The third-order valence-electron chi connectivity index (χ3n) is 3.04. The minimum atomic E-state index is -0.177. The third kappa shape index (κ3) is 2.78. The molecule has 3 aromatic heterocycles. The van der Waals surface area contributed by atoms with Crippen LogP contribution in [0, 0.1) is 0 Å². The number of ether oxygens (including phenoxy) is 1. The molecule has 0 saturated carbocycles. The van der Waals surface area contributed by atoms with Crippen molar-refractivity contribution in [3.8, 4) is 5.88 Å². The maximum atomic E-state index is 12.4. The summed E-state index contributed by atoms with van der Waals surface area (Å²) in [4.78, 5) is 20.6. The van der Waals surface area contributed by atoms with Crippen molar-refractivity contribution in [2.24, 2.45) is 0 Å². The van der Waals surface area contributed by atoms with Crippen LogP contribution in [0.3, 0.4) is 0 Å². The fourth-order valence-electron chi connectivity index (χ4n) is 1.96. The van der Waals surface area contributed by atoms with Gasteiger partial charge in [0.05, 0.1) is 25.2 Å². The highest BCUT2D eigenvalue weighted by atomic mass is 79.9. The van der Waals surface area contributed by atoms with Crippen molar-refractivity contribution < 1.29 is 4.74 Å². The number of pyridine rings is 2. The molecule has 0 aromatic carbocycles. The van der Waals surface area contributed by atoms with Crippen molar-refractivity contribution in [1.82, 2.24) is 19.7 Å². The van der Waals surface area contributed by atoms with Crippen molar-refractivity contribution >= 4 is 26.7 Å². The van der Waals surface area contributed by atoms with Crippen LogP contribution in [-0.4, -0.2) is 26.9 Å². The quantitative estimate of drug-likeness (QED) is 0.678. The Balaban J connectivity index is 1.98. The predicted octanol–water partition coefficient (Wildman–Crippen LogP) is 2.01. The Bertz CT molecular complexity index is 846. The summed E-state index contributed by atoms with van der Waals surface area (Å²) in [7, 11) is 1.56. The summed E-state index contributed by atoms with van der Waals surface area (Å²) in [6.07, 6.45) is 4.86. The molecule has 3 heterocycles. The third-order valence-corrected chi connectivity index (χ3v) is 3.48. The van der Waals surface area contributed by atoms with Crippen LogP contribution >= 0.6 is 15.9 Å². The fraction of sp³-hybridized carbons (Fsp3) is 0.143. The molecule has 0 spiro atoms. The zero-order valence-corrected chi connectivity index (χ0v) is 12.7. The Hall–Kier alpha value is -2.28. The van der Waals surface area contributed by atoms with E-state index in [0.29, 0.717) is 22.4 Å². The first-order valence-corrected chi connectivity index (χ1v) is 6.97. The van der Waals surface area contributed by atoms with Crippen LogP contribution in [0.5, 0.6) is 5.88 Å². The standard InChI is InChI=1S/C14H11BrN4O2/c1-21-13-3-2-9(5-17-13)8-19-14(20)11-7-16-12(15)4-10(11)6-18-19/h2-7H,8H2,1H3. The zero-order chi connectivity index (χ0) is 14.8. The van der Waals surface area contributed by atoms with E-state index in [1.807, 2.05) is 6.07 Å². The van der Waals surface area contributed by atoms with Crippen molar-refractivity contribution in [3.05, 3.63) is 57.3 Å². The Labute approximate surface area is 128 Å². The Morgan fingerprint density at radius 1 is 1.24 bits per heavy atom. The normalized spacial score (nSPS) is 10.8. The van der Waals surface area contributed by atoms with E-state index in [1.54, 1.807) is 37.8 Å². The molecule has 6 nitrogen and oxygen atoms in total. The molecule has 0 aliphatic rings. The van der Waals surface area contributed by atoms with Gasteiger partial charge in [0.15, 0.2) is 0 Å². The average Bonchev–Trinajstić information content (AvgIpc) is 2.51. The van der Waals surface area contributed by atoms with Crippen LogP contribution < -0.4 is 10.3 Å². The lowest BCUT2D eigenvalue weighted by Gasteiger charge is -2.06. The molecular weight excluding hydrogens is 336 g/mol. The van der Waals surface area contributed by atoms with Gasteiger partial charge in [-0.05, 0) is 27.6 Å². The van der Waals surface area contributed by atoms with Crippen LogP contribution in [0.1, 0.15) is 5.56 Å². The van der Waals surface area contributed by atoms with Crippen molar-refractivity contribution in [2.75, 3.05) is 7.11 Å². The average molecular weight is 347 g/mol. The molecule has 0 N–H and O–H groups in total. The van der Waals surface area contributed by atoms with E-state index in [4.69, 9.17) is 4.74 Å². The SMILES string of the molecule is COc1ccc(Cn2ncc3cc(Br)ncc3c2=O)cn1. The Kier molecular flexibility index (Phi) is 3.66. The van der Waals surface area contributed by atoms with E-state index >= 15 is 0 Å². The summed E-state index contributed by atoms with van der Waals surface area (Å²) in [5.74, 6) is 0.534. The molecule has 0 atom stereocenters. The lowest BCUT2D eigenvalue weighted by atomic mass is 10.2. The van der Waals surface area contributed by atoms with Gasteiger partial charge in [0.25, 0.3) is 5.56 Å². The Morgan fingerprint density at radius 2 is 2.10 bits per heavy atom. The molecule has 0 radical (unpaired) electrons. The van der Waals surface area contributed by atoms with E-state index in [2.05, 4.69) is 31.0 Å². The van der Waals surface area contributed by atoms with E-state index in [1.165, 1.54) is 4.68 Å². The van der Waals surface area contributed by atoms with Crippen LogP contribution in [0.2, 0.25) is 0 Å². The maximum absolute atomic E-state index is 12.4. The molecular formula is C14H11BrN4O2. The second-order valence-corrected chi connectivity index (χ2v) is 5.22. The molecule has 106 valence electrons. The van der Waals surface area contributed by atoms with Crippen molar-refractivity contribution in [3.63, 3.8) is 0 Å². The minimum Gasteiger partial charge on any atom is -0.481 e. The number of methoxy groups -OCH3 is 1. The largest absolute Gasteiger partial charge is 0.481 e.